The van der Waals surface area contributed by atoms with Crippen LogP contribution in [0.3, 0.4) is 0 Å². The number of carbonyl (C=O) groups excluding carboxylic acids is 1. The topological polar surface area (TPSA) is 99.2 Å². The SMILES string of the molecule is COc1ccc(N2C(=O)N(c3c(C)cccc3C)Cc3cnc(Nc4ccc(N5CCN(C)CC5)cc4OC)nc32)nc1. The number of nitrogens with zero attached hydrogens (tertiary/aromatic N) is 7. The third-order valence-electron chi connectivity index (χ3n) is 8.00. The van der Waals surface area contributed by atoms with Crippen LogP contribution in [0.15, 0.2) is 60.9 Å². The molecular formula is C32H36N8O3. The Morgan fingerprint density at radius 1 is 0.884 bits per heavy atom. The molecule has 1 N–H and O–H groups in total. The van der Waals surface area contributed by atoms with Gasteiger partial charge in [0.1, 0.15) is 17.3 Å². The molecule has 43 heavy (non-hydrogen) atoms. The van der Waals surface area contributed by atoms with Crippen LogP contribution in [0.1, 0.15) is 16.7 Å². The molecule has 4 aromatic rings. The quantitative estimate of drug-likeness (QED) is 0.313. The lowest BCUT2D eigenvalue weighted by Crippen LogP contribution is -2.46. The maximum absolute atomic E-state index is 14.2. The van der Waals surface area contributed by atoms with Crippen LogP contribution in [0, 0.1) is 13.8 Å². The van der Waals surface area contributed by atoms with Gasteiger partial charge in [0.2, 0.25) is 5.95 Å². The molecule has 0 radical (unpaired) electrons. The summed E-state index contributed by atoms with van der Waals surface area (Å²) < 4.78 is 11.1. The minimum atomic E-state index is -0.249. The molecule has 0 saturated carbocycles. The number of rotatable bonds is 7. The summed E-state index contributed by atoms with van der Waals surface area (Å²) in [6, 6.07) is 15.4. The van der Waals surface area contributed by atoms with Crippen molar-refractivity contribution in [2.75, 3.05) is 67.5 Å². The second-order valence-electron chi connectivity index (χ2n) is 10.8. The van der Waals surface area contributed by atoms with Crippen LogP contribution in [-0.4, -0.2) is 73.3 Å². The predicted octanol–water partition coefficient (Wildman–Crippen LogP) is 5.28. The van der Waals surface area contributed by atoms with Gasteiger partial charge in [-0.3, -0.25) is 4.90 Å². The Balaban J connectivity index is 1.36. The molecule has 0 unspecified atom stereocenters. The Morgan fingerprint density at radius 3 is 2.33 bits per heavy atom. The number of anilines is 6. The third-order valence-corrected chi connectivity index (χ3v) is 8.00. The average Bonchev–Trinajstić information content (AvgIpc) is 3.02. The van der Waals surface area contributed by atoms with Crippen molar-refractivity contribution < 1.29 is 14.3 Å². The van der Waals surface area contributed by atoms with E-state index in [0.717, 1.165) is 59.9 Å². The molecule has 1 fully saturated rings. The summed E-state index contributed by atoms with van der Waals surface area (Å²) in [6.45, 7) is 8.30. The van der Waals surface area contributed by atoms with Crippen molar-refractivity contribution in [3.05, 3.63) is 77.6 Å². The molecule has 11 heteroatoms. The monoisotopic (exact) mass is 580 g/mol. The molecule has 2 amide bonds. The fourth-order valence-corrected chi connectivity index (χ4v) is 5.62. The molecule has 0 bridgehead atoms. The van der Waals surface area contributed by atoms with Crippen molar-refractivity contribution in [2.24, 2.45) is 0 Å². The van der Waals surface area contributed by atoms with Gasteiger partial charge in [0.05, 0.1) is 38.3 Å². The van der Waals surface area contributed by atoms with Crippen molar-refractivity contribution >= 4 is 40.7 Å². The normalized spacial score (nSPS) is 15.4. The number of methoxy groups -OCH3 is 2. The number of amides is 2. The molecule has 0 aliphatic carbocycles. The van der Waals surface area contributed by atoms with Gasteiger partial charge in [0.25, 0.3) is 0 Å². The summed E-state index contributed by atoms with van der Waals surface area (Å²) in [6.07, 6.45) is 3.35. The molecule has 2 aliphatic heterocycles. The van der Waals surface area contributed by atoms with E-state index >= 15 is 0 Å². The first-order valence-corrected chi connectivity index (χ1v) is 14.3. The first-order valence-electron chi connectivity index (χ1n) is 14.3. The van der Waals surface area contributed by atoms with Crippen LogP contribution in [0.5, 0.6) is 11.5 Å². The van der Waals surface area contributed by atoms with E-state index in [1.807, 2.05) is 44.2 Å². The first-order chi connectivity index (χ1) is 20.9. The Kier molecular flexibility index (Phi) is 7.73. The molecule has 0 spiro atoms. The standard InChI is InChI=1S/C32H36N8O3/c1-21-7-6-8-22(2)29(21)39-20-23-18-34-31(36-30(23)40(32(39)41)28-12-10-25(42-4)19-33-28)35-26-11-9-24(17-27(26)43-5)38-15-13-37(3)14-16-38/h6-12,17-19H,13-16,20H2,1-5H3,(H,34,35,36). The van der Waals surface area contributed by atoms with E-state index in [4.69, 9.17) is 14.5 Å². The van der Waals surface area contributed by atoms with E-state index in [-0.39, 0.29) is 6.03 Å². The molecule has 222 valence electrons. The van der Waals surface area contributed by atoms with Gasteiger partial charge < -0.3 is 24.6 Å². The highest BCUT2D eigenvalue weighted by Gasteiger charge is 2.36. The number of urea groups is 1. The highest BCUT2D eigenvalue weighted by molar-refractivity contribution is 6.10. The van der Waals surface area contributed by atoms with Crippen LogP contribution in [-0.2, 0) is 6.54 Å². The van der Waals surface area contributed by atoms with Gasteiger partial charge in [-0.15, -0.1) is 0 Å². The van der Waals surface area contributed by atoms with Crippen molar-refractivity contribution in [1.29, 1.82) is 0 Å². The number of likely N-dealkylation sites (N-methyl/N-ethyl adjacent to an activating group) is 1. The largest absolute Gasteiger partial charge is 0.495 e. The minimum Gasteiger partial charge on any atom is -0.495 e. The lowest BCUT2D eigenvalue weighted by atomic mass is 10.1. The molecule has 1 saturated heterocycles. The highest BCUT2D eigenvalue weighted by atomic mass is 16.5. The second kappa shape index (κ2) is 11.8. The summed E-state index contributed by atoms with van der Waals surface area (Å²) in [5.74, 6) is 2.52. The van der Waals surface area contributed by atoms with Crippen molar-refractivity contribution in [3.63, 3.8) is 0 Å². The Morgan fingerprint density at radius 2 is 1.65 bits per heavy atom. The number of para-hydroxylation sites is 1. The van der Waals surface area contributed by atoms with E-state index in [0.29, 0.717) is 35.6 Å². The zero-order valence-electron chi connectivity index (χ0n) is 25.2. The maximum Gasteiger partial charge on any atom is 0.336 e. The second-order valence-corrected chi connectivity index (χ2v) is 10.8. The van der Waals surface area contributed by atoms with E-state index in [2.05, 4.69) is 38.2 Å². The number of nitrogens with one attached hydrogen (secondary N) is 1. The van der Waals surface area contributed by atoms with Crippen molar-refractivity contribution in [3.8, 4) is 11.5 Å². The van der Waals surface area contributed by atoms with Gasteiger partial charge >= 0.3 is 6.03 Å². The fourth-order valence-electron chi connectivity index (χ4n) is 5.62. The van der Waals surface area contributed by atoms with Crippen LogP contribution in [0.2, 0.25) is 0 Å². The lowest BCUT2D eigenvalue weighted by molar-refractivity contribution is 0.252. The number of aryl methyl sites for hydroxylation is 2. The molecule has 2 aliphatic rings. The Bertz CT molecular complexity index is 1620. The summed E-state index contributed by atoms with van der Waals surface area (Å²) in [5.41, 5.74) is 5.51. The highest BCUT2D eigenvalue weighted by Crippen LogP contribution is 2.38. The van der Waals surface area contributed by atoms with Gasteiger partial charge in [0.15, 0.2) is 5.82 Å². The molecule has 6 rings (SSSR count). The van der Waals surface area contributed by atoms with Crippen LogP contribution < -0.4 is 29.5 Å². The number of fused-ring (bicyclic) bond motifs is 1. The van der Waals surface area contributed by atoms with Crippen molar-refractivity contribution in [1.82, 2.24) is 19.9 Å². The molecule has 2 aromatic heterocycles. The van der Waals surface area contributed by atoms with Crippen LogP contribution >= 0.6 is 0 Å². The smallest absolute Gasteiger partial charge is 0.336 e. The number of pyridine rings is 1. The molecule has 4 heterocycles. The van der Waals surface area contributed by atoms with Gasteiger partial charge in [-0.25, -0.2) is 19.7 Å². The van der Waals surface area contributed by atoms with E-state index < -0.39 is 0 Å². The first kappa shape index (κ1) is 28.2. The molecule has 2 aromatic carbocycles. The van der Waals surface area contributed by atoms with Gasteiger partial charge in [0, 0.05) is 49.7 Å². The number of ether oxygens (including phenoxy) is 2. The Hall–Kier alpha value is -4.90. The number of carbonyl (C=O) groups is 1. The maximum atomic E-state index is 14.2. The predicted molar refractivity (Wildman–Crippen MR) is 168 cm³/mol. The zero-order chi connectivity index (χ0) is 30.1. The summed E-state index contributed by atoms with van der Waals surface area (Å²) >= 11 is 0. The number of benzene rings is 2. The summed E-state index contributed by atoms with van der Waals surface area (Å²) in [7, 11) is 5.38. The fraction of sp³-hybridized carbons (Fsp3) is 0.312. The lowest BCUT2D eigenvalue weighted by Gasteiger charge is -2.36. The zero-order valence-corrected chi connectivity index (χ0v) is 25.2. The third kappa shape index (κ3) is 5.51. The average molecular weight is 581 g/mol. The molecular weight excluding hydrogens is 544 g/mol. The molecule has 11 nitrogen and oxygen atoms in total. The van der Waals surface area contributed by atoms with Crippen LogP contribution in [0.25, 0.3) is 0 Å². The summed E-state index contributed by atoms with van der Waals surface area (Å²) in [5, 5.41) is 3.31. The number of aromatic nitrogens is 3. The van der Waals surface area contributed by atoms with Gasteiger partial charge in [-0.1, -0.05) is 18.2 Å². The van der Waals surface area contributed by atoms with Gasteiger partial charge in [-0.05, 0) is 56.3 Å². The van der Waals surface area contributed by atoms with E-state index in [1.54, 1.807) is 43.6 Å². The summed E-state index contributed by atoms with van der Waals surface area (Å²) in [4.78, 5) is 36.2. The van der Waals surface area contributed by atoms with Gasteiger partial charge in [-0.2, -0.15) is 4.98 Å². The number of hydrogen-bond donors (Lipinski definition) is 1. The molecule has 0 atom stereocenters. The van der Waals surface area contributed by atoms with Crippen molar-refractivity contribution in [2.45, 2.75) is 20.4 Å². The van der Waals surface area contributed by atoms with Crippen LogP contribution in [0.4, 0.5) is 39.4 Å². The van der Waals surface area contributed by atoms with E-state index in [9.17, 15) is 4.79 Å². The number of piperazine rings is 1. The van der Waals surface area contributed by atoms with E-state index in [1.165, 1.54) is 4.90 Å². The Labute approximate surface area is 251 Å². The minimum absolute atomic E-state index is 0.249. The number of hydrogen-bond acceptors (Lipinski definition) is 9.